The van der Waals surface area contributed by atoms with Gasteiger partial charge < -0.3 is 9.64 Å². The summed E-state index contributed by atoms with van der Waals surface area (Å²) in [6, 6.07) is 10.8. The summed E-state index contributed by atoms with van der Waals surface area (Å²) in [6.07, 6.45) is 6.78. The van der Waals surface area contributed by atoms with Gasteiger partial charge in [-0.3, -0.25) is 5.10 Å². The van der Waals surface area contributed by atoms with Crippen molar-refractivity contribution in [2.24, 2.45) is 0 Å². The normalized spacial score (nSPS) is 15.5. The Balaban J connectivity index is 1.70. The summed E-state index contributed by atoms with van der Waals surface area (Å²) in [5.74, 6) is 1.01. The van der Waals surface area contributed by atoms with Gasteiger partial charge in [0.15, 0.2) is 11.5 Å². The van der Waals surface area contributed by atoms with Crippen molar-refractivity contribution in [1.29, 1.82) is 0 Å². The van der Waals surface area contributed by atoms with Gasteiger partial charge in [-0.15, -0.1) is 0 Å². The standard InChI is InChI=1S/C21H24N6O/c1-2-10-26(17-7-11-28-12-8-17)21-20(27-19(24-21)4-3-9-23-27)15-5-6-16-14-22-25-18(16)13-15/h3-6,9,13-14,17H,2,7-8,10-12H2,1H3,(H,22,25). The predicted molar refractivity (Wildman–Crippen MR) is 110 cm³/mol. The maximum absolute atomic E-state index is 5.60. The summed E-state index contributed by atoms with van der Waals surface area (Å²) >= 11 is 0. The first-order valence-corrected chi connectivity index (χ1v) is 9.97. The highest BCUT2D eigenvalue weighted by Crippen LogP contribution is 2.35. The van der Waals surface area contributed by atoms with E-state index in [1.807, 2.05) is 29.0 Å². The van der Waals surface area contributed by atoms with Crippen molar-refractivity contribution in [1.82, 2.24) is 24.8 Å². The number of anilines is 1. The van der Waals surface area contributed by atoms with Gasteiger partial charge >= 0.3 is 0 Å². The van der Waals surface area contributed by atoms with E-state index >= 15 is 0 Å². The number of aromatic amines is 1. The van der Waals surface area contributed by atoms with Crippen LogP contribution in [0.15, 0.2) is 42.7 Å². The van der Waals surface area contributed by atoms with Gasteiger partial charge in [0.25, 0.3) is 0 Å². The summed E-state index contributed by atoms with van der Waals surface area (Å²) in [5.41, 5.74) is 4.01. The lowest BCUT2D eigenvalue weighted by molar-refractivity contribution is 0.0843. The molecule has 0 radical (unpaired) electrons. The number of nitrogens with one attached hydrogen (secondary N) is 1. The molecule has 0 spiro atoms. The molecule has 144 valence electrons. The third kappa shape index (κ3) is 2.92. The Morgan fingerprint density at radius 1 is 1.25 bits per heavy atom. The van der Waals surface area contributed by atoms with Gasteiger partial charge in [-0.1, -0.05) is 19.1 Å². The van der Waals surface area contributed by atoms with Crippen LogP contribution in [0.3, 0.4) is 0 Å². The molecular weight excluding hydrogens is 352 g/mol. The number of benzene rings is 1. The van der Waals surface area contributed by atoms with E-state index in [1.165, 1.54) is 0 Å². The molecule has 1 aliphatic heterocycles. The van der Waals surface area contributed by atoms with Crippen LogP contribution in [0.1, 0.15) is 26.2 Å². The van der Waals surface area contributed by atoms with E-state index in [0.29, 0.717) is 6.04 Å². The van der Waals surface area contributed by atoms with Crippen LogP contribution in [0.4, 0.5) is 5.82 Å². The highest BCUT2D eigenvalue weighted by atomic mass is 16.5. The fourth-order valence-corrected chi connectivity index (χ4v) is 4.11. The molecule has 7 heteroatoms. The van der Waals surface area contributed by atoms with Gasteiger partial charge in [0.1, 0.15) is 5.69 Å². The van der Waals surface area contributed by atoms with Crippen LogP contribution in [-0.2, 0) is 4.74 Å². The smallest absolute Gasteiger partial charge is 0.158 e. The zero-order chi connectivity index (χ0) is 18.9. The maximum atomic E-state index is 5.60. The van der Waals surface area contributed by atoms with Gasteiger partial charge in [0.05, 0.1) is 11.7 Å². The van der Waals surface area contributed by atoms with Crippen molar-refractivity contribution >= 4 is 22.4 Å². The van der Waals surface area contributed by atoms with E-state index < -0.39 is 0 Å². The van der Waals surface area contributed by atoms with E-state index in [0.717, 1.165) is 72.6 Å². The van der Waals surface area contributed by atoms with Gasteiger partial charge in [-0.2, -0.15) is 10.2 Å². The summed E-state index contributed by atoms with van der Waals surface area (Å²) in [4.78, 5) is 7.47. The third-order valence-corrected chi connectivity index (χ3v) is 5.46. The second-order valence-corrected chi connectivity index (χ2v) is 7.29. The van der Waals surface area contributed by atoms with Crippen LogP contribution in [0.2, 0.25) is 0 Å². The van der Waals surface area contributed by atoms with Crippen molar-refractivity contribution in [2.45, 2.75) is 32.2 Å². The Labute approximate surface area is 163 Å². The van der Waals surface area contributed by atoms with Crippen LogP contribution in [0.25, 0.3) is 27.8 Å². The molecular formula is C21H24N6O. The fraction of sp³-hybridized carbons (Fsp3) is 0.381. The van der Waals surface area contributed by atoms with E-state index in [-0.39, 0.29) is 0 Å². The number of aromatic nitrogens is 5. The number of ether oxygens (including phenoxy) is 1. The summed E-state index contributed by atoms with van der Waals surface area (Å²) < 4.78 is 7.55. The van der Waals surface area contributed by atoms with Gasteiger partial charge in [0, 0.05) is 42.9 Å². The molecule has 1 fully saturated rings. The Bertz CT molecular complexity index is 1090. The lowest BCUT2D eigenvalue weighted by Crippen LogP contribution is -2.40. The number of H-pyrrole nitrogens is 1. The monoisotopic (exact) mass is 376 g/mol. The number of hydrogen-bond acceptors (Lipinski definition) is 5. The number of imidazole rings is 1. The van der Waals surface area contributed by atoms with Gasteiger partial charge in [0.2, 0.25) is 0 Å². The minimum atomic E-state index is 0.438. The molecule has 28 heavy (non-hydrogen) atoms. The van der Waals surface area contributed by atoms with Gasteiger partial charge in [-0.25, -0.2) is 9.50 Å². The average Bonchev–Trinajstić information content (AvgIpc) is 3.36. The Morgan fingerprint density at radius 3 is 3.00 bits per heavy atom. The molecule has 1 aliphatic rings. The lowest BCUT2D eigenvalue weighted by Gasteiger charge is -2.35. The molecule has 0 amide bonds. The second-order valence-electron chi connectivity index (χ2n) is 7.29. The lowest BCUT2D eigenvalue weighted by atomic mass is 10.0. The molecule has 4 heterocycles. The highest BCUT2D eigenvalue weighted by molar-refractivity contribution is 5.86. The maximum Gasteiger partial charge on any atom is 0.158 e. The summed E-state index contributed by atoms with van der Waals surface area (Å²) in [7, 11) is 0. The van der Waals surface area contributed by atoms with E-state index in [1.54, 1.807) is 0 Å². The predicted octanol–water partition coefficient (Wildman–Crippen LogP) is 3.67. The Kier molecular flexibility index (Phi) is 4.44. The molecule has 0 aliphatic carbocycles. The molecule has 4 aromatic rings. The molecule has 3 aromatic heterocycles. The van der Waals surface area contributed by atoms with Crippen LogP contribution in [0.5, 0.6) is 0 Å². The van der Waals surface area contributed by atoms with E-state index in [2.05, 4.69) is 45.3 Å². The third-order valence-electron chi connectivity index (χ3n) is 5.46. The first-order chi connectivity index (χ1) is 13.8. The van der Waals surface area contributed by atoms with Crippen molar-refractivity contribution in [3.63, 3.8) is 0 Å². The van der Waals surface area contributed by atoms with E-state index in [4.69, 9.17) is 9.72 Å². The molecule has 0 unspecified atom stereocenters. The number of nitrogens with zero attached hydrogens (tertiary/aromatic N) is 5. The zero-order valence-corrected chi connectivity index (χ0v) is 16.0. The van der Waals surface area contributed by atoms with Crippen LogP contribution in [-0.4, -0.2) is 50.6 Å². The minimum absolute atomic E-state index is 0.438. The average molecular weight is 376 g/mol. The molecule has 5 rings (SSSR count). The fourth-order valence-electron chi connectivity index (χ4n) is 4.11. The largest absolute Gasteiger partial charge is 0.381 e. The van der Waals surface area contributed by atoms with Crippen molar-refractivity contribution in [3.8, 4) is 11.3 Å². The Morgan fingerprint density at radius 2 is 2.14 bits per heavy atom. The molecule has 1 aromatic carbocycles. The number of rotatable bonds is 5. The van der Waals surface area contributed by atoms with Crippen LogP contribution in [0, 0.1) is 0 Å². The molecule has 0 atom stereocenters. The van der Waals surface area contributed by atoms with Crippen LogP contribution >= 0.6 is 0 Å². The van der Waals surface area contributed by atoms with Crippen molar-refractivity contribution in [3.05, 3.63) is 42.7 Å². The zero-order valence-electron chi connectivity index (χ0n) is 16.0. The van der Waals surface area contributed by atoms with Crippen LogP contribution < -0.4 is 4.90 Å². The number of hydrogen-bond donors (Lipinski definition) is 1. The molecule has 1 saturated heterocycles. The Hall–Kier alpha value is -2.93. The molecule has 0 bridgehead atoms. The molecule has 7 nitrogen and oxygen atoms in total. The topological polar surface area (TPSA) is 71.3 Å². The van der Waals surface area contributed by atoms with Crippen molar-refractivity contribution < 1.29 is 4.74 Å². The quantitative estimate of drug-likeness (QED) is 0.575. The summed E-state index contributed by atoms with van der Waals surface area (Å²) in [5, 5.41) is 12.9. The summed E-state index contributed by atoms with van der Waals surface area (Å²) in [6.45, 7) is 4.81. The molecule has 0 saturated carbocycles. The van der Waals surface area contributed by atoms with E-state index in [9.17, 15) is 0 Å². The van der Waals surface area contributed by atoms with Crippen molar-refractivity contribution in [2.75, 3.05) is 24.7 Å². The number of fused-ring (bicyclic) bond motifs is 2. The van der Waals surface area contributed by atoms with Gasteiger partial charge in [-0.05, 0) is 37.5 Å². The first kappa shape index (κ1) is 17.2. The first-order valence-electron chi connectivity index (χ1n) is 9.97. The minimum Gasteiger partial charge on any atom is -0.381 e. The SMILES string of the molecule is CCCN(c1nc2cccnn2c1-c1ccc2cn[nH]c2c1)C1CCOCC1. The highest BCUT2D eigenvalue weighted by Gasteiger charge is 2.27. The second kappa shape index (κ2) is 7.24. The molecule has 1 N–H and O–H groups in total.